The minimum Gasteiger partial charge on any atom is -0.497 e. The maximum atomic E-state index is 13.1. The van der Waals surface area contributed by atoms with E-state index in [0.29, 0.717) is 13.0 Å². The number of carbonyl (C=O) groups excluding carboxylic acids is 1. The molecular weight excluding hydrogens is 380 g/mol. The van der Waals surface area contributed by atoms with E-state index in [0.717, 1.165) is 43.8 Å². The summed E-state index contributed by atoms with van der Waals surface area (Å²) in [6.45, 7) is 4.47. The summed E-state index contributed by atoms with van der Waals surface area (Å²) in [6.07, 6.45) is 2.54. The quantitative estimate of drug-likeness (QED) is 0.754. The highest BCUT2D eigenvalue weighted by Gasteiger charge is 2.32. The third kappa shape index (κ3) is 2.81. The summed E-state index contributed by atoms with van der Waals surface area (Å²) in [7, 11) is 1.64. The van der Waals surface area contributed by atoms with Gasteiger partial charge in [-0.1, -0.05) is 28.6 Å². The van der Waals surface area contributed by atoms with Crippen molar-refractivity contribution in [2.45, 2.75) is 6.42 Å². The van der Waals surface area contributed by atoms with Crippen molar-refractivity contribution >= 4 is 32.9 Å². The Hall–Kier alpha value is -2.33. The second-order valence-electron chi connectivity index (χ2n) is 6.32. The predicted molar refractivity (Wildman–Crippen MR) is 102 cm³/mol. The molecule has 0 spiro atoms. The van der Waals surface area contributed by atoms with Gasteiger partial charge in [0.2, 0.25) is 0 Å². The van der Waals surface area contributed by atoms with Gasteiger partial charge in [-0.2, -0.15) is 0 Å². The standard InChI is InChI=1S/C21H17BrO3/c1-12-7-19(17-5-3-15(22)10-18(12)17)21(23)14-8-13-9-16(24-2)4-6-20(13)25-11-14/h3-7,9-10,14H,1,8,11H2,2H3. The van der Waals surface area contributed by atoms with E-state index in [9.17, 15) is 4.79 Å². The van der Waals surface area contributed by atoms with Crippen molar-refractivity contribution in [1.82, 2.24) is 0 Å². The molecule has 3 nitrogen and oxygen atoms in total. The van der Waals surface area contributed by atoms with Crippen LogP contribution in [0.3, 0.4) is 0 Å². The lowest BCUT2D eigenvalue weighted by atomic mass is 9.88. The molecule has 1 aliphatic carbocycles. The van der Waals surface area contributed by atoms with Crippen LogP contribution in [0.1, 0.15) is 16.7 Å². The largest absolute Gasteiger partial charge is 0.497 e. The highest BCUT2D eigenvalue weighted by Crippen LogP contribution is 2.39. The van der Waals surface area contributed by atoms with Gasteiger partial charge in [0.1, 0.15) is 11.5 Å². The van der Waals surface area contributed by atoms with Crippen LogP contribution in [-0.2, 0) is 11.2 Å². The number of hydrogen-bond acceptors (Lipinski definition) is 3. The lowest BCUT2D eigenvalue weighted by molar-refractivity contribution is -0.118. The van der Waals surface area contributed by atoms with Crippen molar-refractivity contribution in [3.63, 3.8) is 0 Å². The van der Waals surface area contributed by atoms with Gasteiger partial charge in [0.25, 0.3) is 0 Å². The Bertz CT molecular complexity index is 927. The molecule has 1 atom stereocenters. The number of halogens is 1. The topological polar surface area (TPSA) is 35.5 Å². The van der Waals surface area contributed by atoms with Crippen LogP contribution in [0, 0.1) is 5.92 Å². The van der Waals surface area contributed by atoms with Gasteiger partial charge in [0.15, 0.2) is 5.78 Å². The number of allylic oxidation sites excluding steroid dienone is 3. The molecule has 126 valence electrons. The SMILES string of the molecule is C=C1C=C(C(=O)C2COc3ccc(OC)cc3C2)c2ccc(Br)cc21. The molecule has 4 heteroatoms. The summed E-state index contributed by atoms with van der Waals surface area (Å²) in [5.41, 5.74) is 4.58. The normalized spacial score (nSPS) is 18.1. The number of carbonyl (C=O) groups is 1. The van der Waals surface area contributed by atoms with Gasteiger partial charge in [-0.05, 0) is 65.1 Å². The number of Topliss-reactive ketones (excluding diaryl/α,β-unsaturated/α-hetero) is 1. The molecule has 2 aliphatic rings. The minimum absolute atomic E-state index is 0.107. The van der Waals surface area contributed by atoms with E-state index >= 15 is 0 Å². The first-order valence-corrected chi connectivity index (χ1v) is 8.91. The smallest absolute Gasteiger partial charge is 0.170 e. The highest BCUT2D eigenvalue weighted by atomic mass is 79.9. The van der Waals surface area contributed by atoms with Crippen molar-refractivity contribution in [2.24, 2.45) is 5.92 Å². The molecule has 1 heterocycles. The van der Waals surface area contributed by atoms with Crippen LogP contribution in [-0.4, -0.2) is 19.5 Å². The van der Waals surface area contributed by atoms with E-state index < -0.39 is 0 Å². The number of ether oxygens (including phenoxy) is 2. The van der Waals surface area contributed by atoms with E-state index in [4.69, 9.17) is 9.47 Å². The van der Waals surface area contributed by atoms with Gasteiger partial charge >= 0.3 is 0 Å². The van der Waals surface area contributed by atoms with E-state index in [1.807, 2.05) is 42.5 Å². The summed E-state index contributed by atoms with van der Waals surface area (Å²) >= 11 is 3.48. The molecule has 1 unspecified atom stereocenters. The first kappa shape index (κ1) is 16.2. The van der Waals surface area contributed by atoms with Crippen molar-refractivity contribution in [2.75, 3.05) is 13.7 Å². The fourth-order valence-corrected chi connectivity index (χ4v) is 3.80. The molecule has 0 amide bonds. The van der Waals surface area contributed by atoms with Crippen LogP contribution in [0.4, 0.5) is 0 Å². The molecule has 0 fully saturated rings. The monoisotopic (exact) mass is 396 g/mol. The molecule has 4 rings (SSSR count). The molecule has 2 aromatic rings. The van der Waals surface area contributed by atoms with Crippen LogP contribution in [0.25, 0.3) is 11.1 Å². The Morgan fingerprint density at radius 3 is 2.88 bits per heavy atom. The number of fused-ring (bicyclic) bond motifs is 2. The Morgan fingerprint density at radius 2 is 2.08 bits per heavy atom. The van der Waals surface area contributed by atoms with Crippen molar-refractivity contribution in [3.05, 3.63) is 70.2 Å². The van der Waals surface area contributed by atoms with E-state index in [1.54, 1.807) is 7.11 Å². The molecule has 2 aromatic carbocycles. The van der Waals surface area contributed by atoms with Gasteiger partial charge in [-0.3, -0.25) is 4.79 Å². The van der Waals surface area contributed by atoms with Crippen molar-refractivity contribution in [3.8, 4) is 11.5 Å². The molecule has 0 N–H and O–H groups in total. The van der Waals surface area contributed by atoms with Crippen LogP contribution in [0.5, 0.6) is 11.5 Å². The zero-order valence-corrected chi connectivity index (χ0v) is 15.4. The Morgan fingerprint density at radius 1 is 1.24 bits per heavy atom. The lowest BCUT2D eigenvalue weighted by Crippen LogP contribution is -2.28. The van der Waals surface area contributed by atoms with Gasteiger partial charge in [0.05, 0.1) is 19.6 Å². The maximum absolute atomic E-state index is 13.1. The number of benzene rings is 2. The summed E-state index contributed by atoms with van der Waals surface area (Å²) < 4.78 is 12.1. The second kappa shape index (κ2) is 6.19. The Labute approximate surface area is 155 Å². The molecule has 0 bridgehead atoms. The molecule has 0 saturated carbocycles. The number of rotatable bonds is 3. The zero-order chi connectivity index (χ0) is 17.6. The number of hydrogen-bond donors (Lipinski definition) is 0. The predicted octanol–water partition coefficient (Wildman–Crippen LogP) is 4.69. The molecule has 0 radical (unpaired) electrons. The summed E-state index contributed by atoms with van der Waals surface area (Å²) in [6, 6.07) is 11.7. The second-order valence-corrected chi connectivity index (χ2v) is 7.24. The third-order valence-electron chi connectivity index (χ3n) is 4.75. The lowest BCUT2D eigenvalue weighted by Gasteiger charge is -2.25. The fourth-order valence-electron chi connectivity index (χ4n) is 3.44. The average molecular weight is 397 g/mol. The minimum atomic E-state index is -0.201. The van der Waals surface area contributed by atoms with Crippen LogP contribution in [0.2, 0.25) is 0 Å². The van der Waals surface area contributed by atoms with Gasteiger partial charge < -0.3 is 9.47 Å². The third-order valence-corrected chi connectivity index (χ3v) is 5.24. The van der Waals surface area contributed by atoms with Crippen LogP contribution in [0.15, 0.2) is 53.5 Å². The molecule has 0 saturated heterocycles. The summed E-state index contributed by atoms with van der Waals surface area (Å²) in [5, 5.41) is 0. The van der Waals surface area contributed by atoms with E-state index in [2.05, 4.69) is 22.5 Å². The average Bonchev–Trinajstić information content (AvgIpc) is 2.96. The molecular formula is C21H17BrO3. The van der Waals surface area contributed by atoms with Crippen molar-refractivity contribution < 1.29 is 14.3 Å². The fraction of sp³-hybridized carbons (Fsp3) is 0.190. The van der Waals surface area contributed by atoms with Gasteiger partial charge in [-0.15, -0.1) is 0 Å². The Balaban J connectivity index is 1.63. The summed E-state index contributed by atoms with van der Waals surface area (Å²) in [5.74, 6) is 1.52. The Kier molecular flexibility index (Phi) is 4.00. The maximum Gasteiger partial charge on any atom is 0.170 e. The first-order valence-electron chi connectivity index (χ1n) is 8.11. The van der Waals surface area contributed by atoms with Crippen LogP contribution >= 0.6 is 15.9 Å². The van der Waals surface area contributed by atoms with Crippen LogP contribution < -0.4 is 9.47 Å². The molecule has 1 aliphatic heterocycles. The first-order chi connectivity index (χ1) is 12.1. The van der Waals surface area contributed by atoms with Gasteiger partial charge in [-0.25, -0.2) is 0 Å². The van der Waals surface area contributed by atoms with E-state index in [1.165, 1.54) is 0 Å². The van der Waals surface area contributed by atoms with Crippen molar-refractivity contribution in [1.29, 1.82) is 0 Å². The molecule has 0 aromatic heterocycles. The number of ketones is 1. The van der Waals surface area contributed by atoms with Gasteiger partial charge in [0, 0.05) is 10.0 Å². The zero-order valence-electron chi connectivity index (χ0n) is 13.8. The molecule has 25 heavy (non-hydrogen) atoms. The summed E-state index contributed by atoms with van der Waals surface area (Å²) in [4.78, 5) is 13.1. The highest BCUT2D eigenvalue weighted by molar-refractivity contribution is 9.10. The number of methoxy groups -OCH3 is 1. The van der Waals surface area contributed by atoms with E-state index in [-0.39, 0.29) is 11.7 Å².